The van der Waals surface area contributed by atoms with Gasteiger partial charge in [0.05, 0.1) is 18.4 Å². The normalized spacial score (nSPS) is 16.2. The first-order chi connectivity index (χ1) is 15.7. The molecule has 4 heterocycles. The Morgan fingerprint density at radius 2 is 2.06 bits per heavy atom. The van der Waals surface area contributed by atoms with E-state index in [0.717, 1.165) is 32.1 Å². The molecule has 1 aliphatic heterocycles. The van der Waals surface area contributed by atoms with Crippen molar-refractivity contribution in [3.05, 3.63) is 66.1 Å². The highest BCUT2D eigenvalue weighted by Crippen LogP contribution is 2.26. The summed E-state index contributed by atoms with van der Waals surface area (Å²) in [4.78, 5) is 8.51. The molecule has 8 nitrogen and oxygen atoms in total. The van der Waals surface area contributed by atoms with Gasteiger partial charge in [-0.3, -0.25) is 4.68 Å². The van der Waals surface area contributed by atoms with Gasteiger partial charge >= 0.3 is 0 Å². The maximum atomic E-state index is 14.4. The summed E-state index contributed by atoms with van der Waals surface area (Å²) in [5, 5.41) is 15.0. The maximum absolute atomic E-state index is 14.4. The molecule has 1 aromatic carbocycles. The van der Waals surface area contributed by atoms with Crippen LogP contribution in [0.2, 0.25) is 0 Å². The van der Waals surface area contributed by atoms with E-state index in [-0.39, 0.29) is 30.0 Å². The van der Waals surface area contributed by atoms with Crippen LogP contribution < -0.4 is 10.6 Å². The zero-order valence-corrected chi connectivity index (χ0v) is 17.1. The quantitative estimate of drug-likeness (QED) is 0.477. The molecule has 1 atom stereocenters. The standard InChI is InChI=1S/C22H21F2N7O/c23-16-6-2-1-4-14(16)13-31-20(18-7-9-32-30-18)10-19(29-31)22-26-12-17(24)21(28-22)27-15-5-3-8-25-11-15/h1-2,4,6-7,9-10,12,15,25H,3,5,8,11,13H2,(H,26,27,28). The van der Waals surface area contributed by atoms with Crippen LogP contribution in [0.15, 0.2) is 53.4 Å². The van der Waals surface area contributed by atoms with Crippen molar-refractivity contribution in [2.24, 2.45) is 0 Å². The van der Waals surface area contributed by atoms with Crippen molar-refractivity contribution in [1.82, 2.24) is 30.2 Å². The second-order valence-electron chi connectivity index (χ2n) is 7.63. The first kappa shape index (κ1) is 20.3. The largest absolute Gasteiger partial charge is 0.364 e. The molecule has 0 saturated carbocycles. The average molecular weight is 437 g/mol. The average Bonchev–Trinajstić information content (AvgIpc) is 3.48. The zero-order valence-electron chi connectivity index (χ0n) is 17.1. The summed E-state index contributed by atoms with van der Waals surface area (Å²) in [6, 6.07) is 10.00. The van der Waals surface area contributed by atoms with Crippen LogP contribution >= 0.6 is 0 Å². The van der Waals surface area contributed by atoms with Crippen LogP contribution in [0.4, 0.5) is 14.6 Å². The third-order valence-corrected chi connectivity index (χ3v) is 5.37. The molecule has 0 aliphatic carbocycles. The van der Waals surface area contributed by atoms with Crippen molar-refractivity contribution in [3.63, 3.8) is 0 Å². The second-order valence-corrected chi connectivity index (χ2v) is 7.63. The Balaban J connectivity index is 1.49. The molecule has 0 spiro atoms. The third-order valence-electron chi connectivity index (χ3n) is 5.37. The highest BCUT2D eigenvalue weighted by Gasteiger charge is 2.20. The zero-order chi connectivity index (χ0) is 21.9. The number of rotatable bonds is 6. The Labute approximate surface area is 182 Å². The topological polar surface area (TPSA) is 93.7 Å². The lowest BCUT2D eigenvalue weighted by Crippen LogP contribution is -2.38. The summed E-state index contributed by atoms with van der Waals surface area (Å²) < 4.78 is 35.2. The molecule has 1 fully saturated rings. The summed E-state index contributed by atoms with van der Waals surface area (Å²) in [6.07, 6.45) is 4.52. The van der Waals surface area contributed by atoms with Gasteiger partial charge in [-0.1, -0.05) is 23.4 Å². The van der Waals surface area contributed by atoms with Crippen LogP contribution in [0.1, 0.15) is 18.4 Å². The number of piperidine rings is 1. The number of hydrogen-bond donors (Lipinski definition) is 2. The van der Waals surface area contributed by atoms with Crippen LogP contribution in [-0.2, 0) is 6.54 Å². The second kappa shape index (κ2) is 8.83. The molecule has 32 heavy (non-hydrogen) atoms. The van der Waals surface area contributed by atoms with Crippen LogP contribution in [0, 0.1) is 11.6 Å². The van der Waals surface area contributed by atoms with E-state index in [1.807, 2.05) is 0 Å². The number of benzene rings is 1. The Kier molecular flexibility index (Phi) is 5.59. The smallest absolute Gasteiger partial charge is 0.183 e. The third kappa shape index (κ3) is 4.22. The Bertz CT molecular complexity index is 1200. The summed E-state index contributed by atoms with van der Waals surface area (Å²) >= 11 is 0. The number of hydrogen-bond acceptors (Lipinski definition) is 7. The van der Waals surface area contributed by atoms with Crippen molar-refractivity contribution >= 4 is 5.82 Å². The molecule has 0 amide bonds. The molecule has 3 aromatic heterocycles. The van der Waals surface area contributed by atoms with Gasteiger partial charge < -0.3 is 15.2 Å². The fourth-order valence-electron chi connectivity index (χ4n) is 3.75. The SMILES string of the molecule is Fc1ccccc1Cn1nc(-c2ncc(F)c(NC3CCCNC3)n2)cc1-c1ccon1. The predicted molar refractivity (Wildman–Crippen MR) is 114 cm³/mol. The molecule has 1 saturated heterocycles. The number of nitrogens with one attached hydrogen (secondary N) is 2. The minimum absolute atomic E-state index is 0.0882. The number of nitrogens with zero attached hydrogens (tertiary/aromatic N) is 5. The van der Waals surface area contributed by atoms with Crippen LogP contribution in [0.25, 0.3) is 22.9 Å². The van der Waals surface area contributed by atoms with E-state index in [0.29, 0.717) is 22.6 Å². The van der Waals surface area contributed by atoms with Gasteiger partial charge in [0.25, 0.3) is 0 Å². The van der Waals surface area contributed by atoms with Crippen LogP contribution in [0.3, 0.4) is 0 Å². The lowest BCUT2D eigenvalue weighted by atomic mass is 10.1. The maximum Gasteiger partial charge on any atom is 0.183 e. The fourth-order valence-corrected chi connectivity index (χ4v) is 3.75. The van der Waals surface area contributed by atoms with Gasteiger partial charge in [0, 0.05) is 24.2 Å². The predicted octanol–water partition coefficient (Wildman–Crippen LogP) is 3.49. The number of halogens is 2. The van der Waals surface area contributed by atoms with Gasteiger partial charge in [-0.15, -0.1) is 0 Å². The number of anilines is 1. The first-order valence-electron chi connectivity index (χ1n) is 10.4. The van der Waals surface area contributed by atoms with E-state index in [1.165, 1.54) is 12.3 Å². The first-order valence-corrected chi connectivity index (χ1v) is 10.4. The fraction of sp³-hybridized carbons (Fsp3) is 0.273. The van der Waals surface area contributed by atoms with Crippen LogP contribution in [0.5, 0.6) is 0 Å². The molecule has 2 N–H and O–H groups in total. The minimum atomic E-state index is -0.526. The van der Waals surface area contributed by atoms with Crippen molar-refractivity contribution in [1.29, 1.82) is 0 Å². The molecule has 164 valence electrons. The molecule has 0 radical (unpaired) electrons. The van der Waals surface area contributed by atoms with Crippen molar-refractivity contribution in [2.75, 3.05) is 18.4 Å². The van der Waals surface area contributed by atoms with E-state index < -0.39 is 5.82 Å². The van der Waals surface area contributed by atoms with E-state index in [1.54, 1.807) is 35.0 Å². The molecular formula is C22H21F2N7O. The highest BCUT2D eigenvalue weighted by molar-refractivity contribution is 5.63. The monoisotopic (exact) mass is 437 g/mol. The van der Waals surface area contributed by atoms with E-state index in [9.17, 15) is 8.78 Å². The Hall–Kier alpha value is -3.66. The minimum Gasteiger partial charge on any atom is -0.364 e. The lowest BCUT2D eigenvalue weighted by Gasteiger charge is -2.24. The van der Waals surface area contributed by atoms with Gasteiger partial charge in [-0.2, -0.15) is 5.10 Å². The van der Waals surface area contributed by atoms with Gasteiger partial charge in [0.15, 0.2) is 17.5 Å². The summed E-state index contributed by atoms with van der Waals surface area (Å²) in [6.45, 7) is 1.88. The Morgan fingerprint density at radius 3 is 2.84 bits per heavy atom. The van der Waals surface area contributed by atoms with E-state index >= 15 is 0 Å². The molecule has 10 heteroatoms. The van der Waals surface area contributed by atoms with Crippen molar-refractivity contribution in [3.8, 4) is 22.9 Å². The lowest BCUT2D eigenvalue weighted by molar-refractivity contribution is 0.421. The van der Waals surface area contributed by atoms with Gasteiger partial charge in [-0.05, 0) is 31.5 Å². The molecule has 1 unspecified atom stereocenters. The highest BCUT2D eigenvalue weighted by atomic mass is 19.1. The van der Waals surface area contributed by atoms with Gasteiger partial charge in [-0.25, -0.2) is 18.7 Å². The number of aromatic nitrogens is 5. The summed E-state index contributed by atoms with van der Waals surface area (Å²) in [7, 11) is 0. The van der Waals surface area contributed by atoms with Crippen LogP contribution in [-0.4, -0.2) is 44.0 Å². The van der Waals surface area contributed by atoms with Crippen molar-refractivity contribution < 1.29 is 13.3 Å². The van der Waals surface area contributed by atoms with E-state index in [2.05, 4.69) is 30.9 Å². The van der Waals surface area contributed by atoms with Gasteiger partial charge in [0.1, 0.15) is 23.5 Å². The molecular weight excluding hydrogens is 416 g/mol. The van der Waals surface area contributed by atoms with E-state index in [4.69, 9.17) is 4.52 Å². The van der Waals surface area contributed by atoms with Gasteiger partial charge in [0.2, 0.25) is 0 Å². The molecule has 1 aliphatic rings. The Morgan fingerprint density at radius 1 is 1.16 bits per heavy atom. The molecule has 5 rings (SSSR count). The van der Waals surface area contributed by atoms with Crippen molar-refractivity contribution in [2.45, 2.75) is 25.4 Å². The summed E-state index contributed by atoms with van der Waals surface area (Å²) in [5.41, 5.74) is 2.04. The molecule has 4 aromatic rings. The molecule has 0 bridgehead atoms. The summed E-state index contributed by atoms with van der Waals surface area (Å²) in [5.74, 6) is -0.465.